The van der Waals surface area contributed by atoms with Crippen LogP contribution >= 0.6 is 0 Å². The van der Waals surface area contributed by atoms with E-state index >= 15 is 0 Å². The van der Waals surface area contributed by atoms with Gasteiger partial charge in [-0.1, -0.05) is 30.0 Å². The van der Waals surface area contributed by atoms with Crippen LogP contribution in [-0.2, 0) is 6.61 Å². The van der Waals surface area contributed by atoms with Crippen molar-refractivity contribution in [3.8, 4) is 17.6 Å². The maximum Gasteiger partial charge on any atom is 0.138 e. The fraction of sp³-hybridized carbons (Fsp3) is 0.222. The van der Waals surface area contributed by atoms with Gasteiger partial charge in [0, 0.05) is 0 Å². The van der Waals surface area contributed by atoms with Crippen LogP contribution in [0.5, 0.6) is 5.75 Å². The van der Waals surface area contributed by atoms with Crippen molar-refractivity contribution < 1.29 is 14.2 Å². The minimum atomic E-state index is -0.397. The van der Waals surface area contributed by atoms with Gasteiger partial charge in [0.1, 0.15) is 24.8 Å². The summed E-state index contributed by atoms with van der Waals surface area (Å²) in [6.45, 7) is 4.09. The van der Waals surface area contributed by atoms with E-state index in [1.54, 1.807) is 12.1 Å². The summed E-state index contributed by atoms with van der Waals surface area (Å²) in [6.07, 6.45) is 0. The van der Waals surface area contributed by atoms with Crippen molar-refractivity contribution in [2.75, 3.05) is 6.61 Å². The number of ether oxygens (including phenoxy) is 1. The smallest absolute Gasteiger partial charge is 0.138 e. The Morgan fingerprint density at radius 2 is 2.00 bits per heavy atom. The van der Waals surface area contributed by atoms with Gasteiger partial charge in [-0.2, -0.15) is 0 Å². The van der Waals surface area contributed by atoms with Crippen LogP contribution in [0.25, 0.3) is 0 Å². The molecule has 108 valence electrons. The van der Waals surface area contributed by atoms with E-state index in [1.165, 1.54) is 11.6 Å². The fourth-order valence-electron chi connectivity index (χ4n) is 1.93. The van der Waals surface area contributed by atoms with Crippen molar-refractivity contribution in [1.29, 1.82) is 0 Å². The van der Waals surface area contributed by atoms with Gasteiger partial charge in [0.05, 0.1) is 5.56 Å². The van der Waals surface area contributed by atoms with Gasteiger partial charge in [-0.05, 0) is 48.7 Å². The van der Waals surface area contributed by atoms with Gasteiger partial charge in [-0.3, -0.25) is 0 Å². The largest absolute Gasteiger partial charge is 0.489 e. The molecular formula is C18H17FO2. The van der Waals surface area contributed by atoms with E-state index in [1.807, 2.05) is 32.0 Å². The van der Waals surface area contributed by atoms with Gasteiger partial charge < -0.3 is 9.84 Å². The number of aliphatic hydroxyl groups is 1. The summed E-state index contributed by atoms with van der Waals surface area (Å²) in [5, 5.41) is 8.68. The molecule has 2 nitrogen and oxygen atoms in total. The van der Waals surface area contributed by atoms with Crippen molar-refractivity contribution >= 4 is 0 Å². The normalized spacial score (nSPS) is 9.90. The molecule has 0 fully saturated rings. The molecule has 0 spiro atoms. The topological polar surface area (TPSA) is 29.5 Å². The predicted octanol–water partition coefficient (Wildman–Crippen LogP) is 3.37. The van der Waals surface area contributed by atoms with Gasteiger partial charge in [0.2, 0.25) is 0 Å². The maximum absolute atomic E-state index is 13.5. The van der Waals surface area contributed by atoms with Gasteiger partial charge in [-0.25, -0.2) is 4.39 Å². The molecule has 2 rings (SSSR count). The molecule has 0 atom stereocenters. The summed E-state index contributed by atoms with van der Waals surface area (Å²) in [7, 11) is 0. The summed E-state index contributed by atoms with van der Waals surface area (Å²) in [4.78, 5) is 0. The first-order valence-corrected chi connectivity index (χ1v) is 6.69. The van der Waals surface area contributed by atoms with Crippen LogP contribution in [0.4, 0.5) is 4.39 Å². The molecule has 2 aromatic rings. The van der Waals surface area contributed by atoms with Crippen molar-refractivity contribution in [2.24, 2.45) is 0 Å². The lowest BCUT2D eigenvalue weighted by atomic mass is 10.1. The van der Waals surface area contributed by atoms with Crippen LogP contribution in [0.3, 0.4) is 0 Å². The molecule has 0 aliphatic rings. The number of halogens is 1. The highest BCUT2D eigenvalue weighted by molar-refractivity contribution is 5.40. The Morgan fingerprint density at radius 1 is 1.19 bits per heavy atom. The average molecular weight is 284 g/mol. The van der Waals surface area contributed by atoms with Crippen LogP contribution in [0.15, 0.2) is 36.4 Å². The maximum atomic E-state index is 13.5. The van der Waals surface area contributed by atoms with Crippen molar-refractivity contribution in [1.82, 2.24) is 0 Å². The zero-order valence-electron chi connectivity index (χ0n) is 12.1. The zero-order valence-corrected chi connectivity index (χ0v) is 12.1. The lowest BCUT2D eigenvalue weighted by molar-refractivity contribution is 0.303. The van der Waals surface area contributed by atoms with Crippen LogP contribution in [0.2, 0.25) is 0 Å². The summed E-state index contributed by atoms with van der Waals surface area (Å²) in [5.41, 5.74) is 3.37. The van der Waals surface area contributed by atoms with Crippen LogP contribution < -0.4 is 4.74 Å². The summed E-state index contributed by atoms with van der Waals surface area (Å²) >= 11 is 0. The Bertz CT molecular complexity index is 696. The second-order valence-corrected chi connectivity index (χ2v) is 4.76. The predicted molar refractivity (Wildman–Crippen MR) is 80.6 cm³/mol. The molecule has 0 aromatic heterocycles. The molecule has 0 heterocycles. The van der Waals surface area contributed by atoms with E-state index in [0.717, 1.165) is 16.9 Å². The molecule has 0 saturated carbocycles. The SMILES string of the molecule is Cc1cccc(OCc2ccc(F)c(C#CCO)c2)c1C. The van der Waals surface area contributed by atoms with E-state index in [4.69, 9.17) is 9.84 Å². The van der Waals surface area contributed by atoms with E-state index < -0.39 is 5.82 Å². The first-order chi connectivity index (χ1) is 10.1. The van der Waals surface area contributed by atoms with E-state index in [2.05, 4.69) is 11.8 Å². The lowest BCUT2D eigenvalue weighted by Crippen LogP contribution is -1.99. The van der Waals surface area contributed by atoms with E-state index in [-0.39, 0.29) is 12.2 Å². The fourth-order valence-corrected chi connectivity index (χ4v) is 1.93. The molecule has 3 heteroatoms. The Kier molecular flexibility index (Phi) is 4.97. The molecule has 21 heavy (non-hydrogen) atoms. The number of hydrogen-bond acceptors (Lipinski definition) is 2. The summed E-state index contributed by atoms with van der Waals surface area (Å²) in [5.74, 6) is 5.46. The molecule has 0 amide bonds. The summed E-state index contributed by atoms with van der Waals surface area (Å²) < 4.78 is 19.3. The minimum absolute atomic E-state index is 0.270. The standard InChI is InChI=1S/C18H17FO2/c1-13-5-3-7-18(14(13)2)21-12-15-8-9-17(19)16(11-15)6-4-10-20/h3,5,7-9,11,20H,10,12H2,1-2H3. The number of benzene rings is 2. The van der Waals surface area contributed by atoms with Gasteiger partial charge >= 0.3 is 0 Å². The molecule has 0 unspecified atom stereocenters. The third kappa shape index (κ3) is 3.84. The van der Waals surface area contributed by atoms with Crippen LogP contribution in [0, 0.1) is 31.5 Å². The highest BCUT2D eigenvalue weighted by Crippen LogP contribution is 2.22. The minimum Gasteiger partial charge on any atom is -0.489 e. The van der Waals surface area contributed by atoms with Crippen molar-refractivity contribution in [3.05, 3.63) is 64.5 Å². The zero-order chi connectivity index (χ0) is 15.2. The van der Waals surface area contributed by atoms with Crippen LogP contribution in [0.1, 0.15) is 22.3 Å². The first-order valence-electron chi connectivity index (χ1n) is 6.69. The highest BCUT2D eigenvalue weighted by atomic mass is 19.1. The Labute approximate surface area is 124 Å². The Balaban J connectivity index is 2.15. The number of hydrogen-bond donors (Lipinski definition) is 1. The Hall–Kier alpha value is -2.31. The molecule has 0 saturated heterocycles. The van der Waals surface area contributed by atoms with Gasteiger partial charge in [0.15, 0.2) is 0 Å². The second kappa shape index (κ2) is 6.92. The molecule has 0 aliphatic carbocycles. The van der Waals surface area contributed by atoms with Crippen molar-refractivity contribution in [2.45, 2.75) is 20.5 Å². The van der Waals surface area contributed by atoms with Crippen LogP contribution in [-0.4, -0.2) is 11.7 Å². The van der Waals surface area contributed by atoms with Gasteiger partial charge in [0.25, 0.3) is 0 Å². The molecule has 1 N–H and O–H groups in total. The second-order valence-electron chi connectivity index (χ2n) is 4.76. The molecule has 2 aromatic carbocycles. The monoisotopic (exact) mass is 284 g/mol. The van der Waals surface area contributed by atoms with Crippen molar-refractivity contribution in [3.63, 3.8) is 0 Å². The average Bonchev–Trinajstić information content (AvgIpc) is 2.49. The molecular weight excluding hydrogens is 267 g/mol. The number of aliphatic hydroxyl groups excluding tert-OH is 1. The lowest BCUT2D eigenvalue weighted by Gasteiger charge is -2.11. The van der Waals surface area contributed by atoms with E-state index in [9.17, 15) is 4.39 Å². The quantitative estimate of drug-likeness (QED) is 0.876. The molecule has 0 radical (unpaired) electrons. The van der Waals surface area contributed by atoms with E-state index in [0.29, 0.717) is 6.61 Å². The Morgan fingerprint density at radius 3 is 2.76 bits per heavy atom. The van der Waals surface area contributed by atoms with Gasteiger partial charge in [-0.15, -0.1) is 0 Å². The third-order valence-corrected chi connectivity index (χ3v) is 3.28. The number of rotatable bonds is 3. The third-order valence-electron chi connectivity index (χ3n) is 3.28. The molecule has 0 aliphatic heterocycles. The first kappa shape index (κ1) is 15.1. The number of aryl methyl sites for hydroxylation is 1. The molecule has 0 bridgehead atoms. The summed E-state index contributed by atoms with van der Waals surface area (Å²) in [6, 6.07) is 10.6. The highest BCUT2D eigenvalue weighted by Gasteiger charge is 2.05.